The van der Waals surface area contributed by atoms with Gasteiger partial charge in [0.1, 0.15) is 5.01 Å². The van der Waals surface area contributed by atoms with E-state index >= 15 is 0 Å². The topological polar surface area (TPSA) is 51.4 Å². The van der Waals surface area contributed by atoms with Crippen LogP contribution in [-0.2, 0) is 24.3 Å². The third-order valence-corrected chi connectivity index (χ3v) is 4.21. The summed E-state index contributed by atoms with van der Waals surface area (Å²) in [6, 6.07) is 10.6. The van der Waals surface area contributed by atoms with E-state index in [1.807, 2.05) is 12.3 Å². The van der Waals surface area contributed by atoms with Crippen molar-refractivity contribution < 1.29 is 4.74 Å². The van der Waals surface area contributed by atoms with Crippen LogP contribution in [0.1, 0.15) is 15.4 Å². The number of ether oxygens (including phenoxy) is 1. The third kappa shape index (κ3) is 5.55. The van der Waals surface area contributed by atoms with Gasteiger partial charge in [-0.15, -0.1) is 11.3 Å². The number of rotatable bonds is 9. The second-order valence-electron chi connectivity index (χ2n) is 4.95. The maximum Gasteiger partial charge on any atom is 0.107 e. The van der Waals surface area contributed by atoms with Crippen molar-refractivity contribution in [2.24, 2.45) is 5.73 Å². The molecule has 21 heavy (non-hydrogen) atoms. The SMILES string of the molecule is COCc1cnc(CN(CCN)CCc2ccccc2)s1. The molecule has 0 atom stereocenters. The first kappa shape index (κ1) is 16.1. The monoisotopic (exact) mass is 305 g/mol. The number of methoxy groups -OCH3 is 1. The van der Waals surface area contributed by atoms with E-state index in [9.17, 15) is 0 Å². The average molecular weight is 305 g/mol. The van der Waals surface area contributed by atoms with Crippen molar-refractivity contribution in [2.75, 3.05) is 26.7 Å². The number of benzene rings is 1. The van der Waals surface area contributed by atoms with Crippen LogP contribution in [0, 0.1) is 0 Å². The van der Waals surface area contributed by atoms with Gasteiger partial charge < -0.3 is 10.5 Å². The fraction of sp³-hybridized carbons (Fsp3) is 0.438. The molecule has 0 bridgehead atoms. The highest BCUT2D eigenvalue weighted by Crippen LogP contribution is 2.16. The summed E-state index contributed by atoms with van der Waals surface area (Å²) in [5, 5.41) is 1.13. The molecular formula is C16H23N3OS. The molecule has 2 N–H and O–H groups in total. The van der Waals surface area contributed by atoms with Crippen molar-refractivity contribution in [2.45, 2.75) is 19.6 Å². The van der Waals surface area contributed by atoms with Gasteiger partial charge in [-0.2, -0.15) is 0 Å². The summed E-state index contributed by atoms with van der Waals surface area (Å²) in [6.45, 7) is 4.06. The molecule has 2 aromatic rings. The summed E-state index contributed by atoms with van der Waals surface area (Å²) < 4.78 is 5.14. The van der Waals surface area contributed by atoms with Crippen molar-refractivity contribution in [1.29, 1.82) is 0 Å². The standard InChI is InChI=1S/C16H23N3OS/c1-20-13-15-11-18-16(21-15)12-19(10-8-17)9-7-14-5-3-2-4-6-14/h2-6,11H,7-10,12-13,17H2,1H3. The minimum Gasteiger partial charge on any atom is -0.379 e. The number of hydrogen-bond donors (Lipinski definition) is 1. The van der Waals surface area contributed by atoms with Crippen LogP contribution in [0.25, 0.3) is 0 Å². The Balaban J connectivity index is 1.88. The van der Waals surface area contributed by atoms with E-state index in [4.69, 9.17) is 10.5 Å². The highest BCUT2D eigenvalue weighted by molar-refractivity contribution is 7.11. The first-order valence-corrected chi connectivity index (χ1v) is 8.02. The Bertz CT molecular complexity index is 515. The quantitative estimate of drug-likeness (QED) is 0.772. The van der Waals surface area contributed by atoms with Crippen molar-refractivity contribution in [3.05, 3.63) is 52.0 Å². The molecule has 4 nitrogen and oxygen atoms in total. The predicted molar refractivity (Wildman–Crippen MR) is 87.3 cm³/mol. The van der Waals surface area contributed by atoms with Gasteiger partial charge in [0.05, 0.1) is 18.0 Å². The van der Waals surface area contributed by atoms with Crippen LogP contribution in [0.15, 0.2) is 36.5 Å². The van der Waals surface area contributed by atoms with E-state index in [2.05, 4.69) is 34.1 Å². The lowest BCUT2D eigenvalue weighted by Gasteiger charge is -2.20. The molecule has 1 heterocycles. The molecule has 1 aromatic heterocycles. The Kier molecular flexibility index (Phi) is 6.82. The molecule has 0 unspecified atom stereocenters. The summed E-state index contributed by atoms with van der Waals surface area (Å²) in [4.78, 5) is 8.00. The molecule has 0 amide bonds. The van der Waals surface area contributed by atoms with Crippen LogP contribution in [0.3, 0.4) is 0 Å². The Labute approximate surface area is 130 Å². The van der Waals surface area contributed by atoms with Crippen LogP contribution in [-0.4, -0.2) is 36.6 Å². The number of aromatic nitrogens is 1. The highest BCUT2D eigenvalue weighted by atomic mass is 32.1. The maximum absolute atomic E-state index is 5.73. The number of nitrogens with zero attached hydrogens (tertiary/aromatic N) is 2. The summed E-state index contributed by atoms with van der Waals surface area (Å²) in [5.74, 6) is 0. The van der Waals surface area contributed by atoms with Crippen LogP contribution >= 0.6 is 11.3 Å². The van der Waals surface area contributed by atoms with E-state index in [-0.39, 0.29) is 0 Å². The van der Waals surface area contributed by atoms with Crippen molar-refractivity contribution in [3.63, 3.8) is 0 Å². The van der Waals surface area contributed by atoms with Gasteiger partial charge in [0, 0.05) is 32.9 Å². The molecule has 0 spiro atoms. The lowest BCUT2D eigenvalue weighted by molar-refractivity contribution is 0.187. The van der Waals surface area contributed by atoms with Crippen LogP contribution < -0.4 is 5.73 Å². The molecule has 0 fully saturated rings. The Morgan fingerprint density at radius 2 is 2.05 bits per heavy atom. The molecule has 0 radical (unpaired) electrons. The minimum absolute atomic E-state index is 0.637. The van der Waals surface area contributed by atoms with E-state index in [1.165, 1.54) is 10.4 Å². The first-order valence-electron chi connectivity index (χ1n) is 7.20. The zero-order valence-electron chi connectivity index (χ0n) is 12.5. The average Bonchev–Trinajstić information content (AvgIpc) is 2.94. The summed E-state index contributed by atoms with van der Waals surface area (Å²) in [6.07, 6.45) is 2.94. The fourth-order valence-electron chi connectivity index (χ4n) is 2.21. The van der Waals surface area contributed by atoms with Crippen LogP contribution in [0.5, 0.6) is 0 Å². The van der Waals surface area contributed by atoms with Gasteiger partial charge >= 0.3 is 0 Å². The number of nitrogens with two attached hydrogens (primary N) is 1. The Hall–Kier alpha value is -1.27. The molecule has 114 valence electrons. The van der Waals surface area contributed by atoms with Gasteiger partial charge in [-0.05, 0) is 12.0 Å². The maximum atomic E-state index is 5.73. The fourth-order valence-corrected chi connectivity index (χ4v) is 3.14. The van der Waals surface area contributed by atoms with Gasteiger partial charge in [-0.1, -0.05) is 30.3 Å². The molecule has 0 aliphatic carbocycles. The van der Waals surface area contributed by atoms with E-state index in [1.54, 1.807) is 18.4 Å². The Morgan fingerprint density at radius 3 is 2.76 bits per heavy atom. The summed E-state index contributed by atoms with van der Waals surface area (Å²) in [5.41, 5.74) is 7.09. The van der Waals surface area contributed by atoms with Crippen LogP contribution in [0.4, 0.5) is 0 Å². The van der Waals surface area contributed by atoms with Gasteiger partial charge in [0.15, 0.2) is 0 Å². The first-order chi connectivity index (χ1) is 10.3. The normalized spacial score (nSPS) is 11.2. The van der Waals surface area contributed by atoms with E-state index in [0.29, 0.717) is 13.2 Å². The molecule has 0 saturated carbocycles. The summed E-state index contributed by atoms with van der Waals surface area (Å²) in [7, 11) is 1.71. The van der Waals surface area contributed by atoms with E-state index < -0.39 is 0 Å². The molecule has 0 saturated heterocycles. The largest absolute Gasteiger partial charge is 0.379 e. The van der Waals surface area contributed by atoms with Gasteiger partial charge in [0.25, 0.3) is 0 Å². The highest BCUT2D eigenvalue weighted by Gasteiger charge is 2.09. The molecule has 1 aromatic carbocycles. The molecular weight excluding hydrogens is 282 g/mol. The lowest BCUT2D eigenvalue weighted by Crippen LogP contribution is -2.31. The zero-order valence-corrected chi connectivity index (χ0v) is 13.3. The van der Waals surface area contributed by atoms with Crippen molar-refractivity contribution in [1.82, 2.24) is 9.88 Å². The lowest BCUT2D eigenvalue weighted by atomic mass is 10.1. The number of hydrogen-bond acceptors (Lipinski definition) is 5. The van der Waals surface area contributed by atoms with Gasteiger partial charge in [0.2, 0.25) is 0 Å². The van der Waals surface area contributed by atoms with E-state index in [0.717, 1.165) is 31.1 Å². The number of thiazole rings is 1. The van der Waals surface area contributed by atoms with Gasteiger partial charge in [-0.3, -0.25) is 4.90 Å². The minimum atomic E-state index is 0.637. The zero-order chi connectivity index (χ0) is 14.9. The molecule has 2 rings (SSSR count). The summed E-state index contributed by atoms with van der Waals surface area (Å²) >= 11 is 1.71. The molecule has 0 aliphatic heterocycles. The second-order valence-corrected chi connectivity index (χ2v) is 6.15. The second kappa shape index (κ2) is 8.89. The van der Waals surface area contributed by atoms with Crippen molar-refractivity contribution in [3.8, 4) is 0 Å². The molecule has 5 heteroatoms. The molecule has 0 aliphatic rings. The van der Waals surface area contributed by atoms with Gasteiger partial charge in [-0.25, -0.2) is 4.98 Å². The van der Waals surface area contributed by atoms with Crippen LogP contribution in [0.2, 0.25) is 0 Å². The smallest absolute Gasteiger partial charge is 0.107 e. The predicted octanol–water partition coefficient (Wildman–Crippen LogP) is 2.29. The van der Waals surface area contributed by atoms with Crippen molar-refractivity contribution >= 4 is 11.3 Å². The third-order valence-electron chi connectivity index (χ3n) is 3.25. The Morgan fingerprint density at radius 1 is 1.24 bits per heavy atom.